The number of nitrogens with zero attached hydrogens (tertiary/aromatic N) is 2. The van der Waals surface area contributed by atoms with Gasteiger partial charge in [-0.1, -0.05) is 30.3 Å². The minimum absolute atomic E-state index is 0. The van der Waals surface area contributed by atoms with E-state index in [-0.39, 0.29) is 66.7 Å². The second-order valence-corrected chi connectivity index (χ2v) is 15.1. The standard InChI is InChI=1S/C41H44F4N8O7.ClH/c1-21-16-27(35(56)50-32-18-29(20-54)48-37(32)58)12-15-30(21)24-6-2-22(3-7-24)17-31(49-34(55)26-8-4-23(19-46)5-9-26)36(57)47-28-13-10-25(11-14-28)33-51-38(53-52-33)40(42,43)41(44,45)39(59)60;/h2-3,6-7,10-16,23,26,29,31-32,54H,4-5,8-9,17-20,46H2,1H3,(H,47,57)(H,48,58)(H,49,55)(H,50,56)(H,59,60)(H,51,52,53);1H/t23-,26-,29-,31-,32+;/m0./s1. The number of benzene rings is 3. The van der Waals surface area contributed by atoms with Crippen LogP contribution in [0.25, 0.3) is 22.5 Å². The van der Waals surface area contributed by atoms with Crippen LogP contribution in [-0.2, 0) is 31.5 Å². The third kappa shape index (κ3) is 10.3. The van der Waals surface area contributed by atoms with Gasteiger partial charge < -0.3 is 37.2 Å². The Hall–Kier alpha value is -5.92. The molecule has 61 heavy (non-hydrogen) atoms. The van der Waals surface area contributed by atoms with Crippen molar-refractivity contribution in [1.82, 2.24) is 31.1 Å². The lowest BCUT2D eigenvalue weighted by Gasteiger charge is -2.28. The van der Waals surface area contributed by atoms with Crippen molar-refractivity contribution < 1.29 is 51.7 Å². The highest BCUT2D eigenvalue weighted by atomic mass is 35.5. The lowest BCUT2D eigenvalue weighted by molar-refractivity contribution is -0.231. The minimum atomic E-state index is -5.46. The largest absolute Gasteiger partial charge is 0.477 e. The molecule has 2 heterocycles. The number of halogens is 5. The van der Waals surface area contributed by atoms with Crippen LogP contribution in [0.3, 0.4) is 0 Å². The van der Waals surface area contributed by atoms with E-state index in [0.29, 0.717) is 30.9 Å². The monoisotopic (exact) mass is 872 g/mol. The van der Waals surface area contributed by atoms with E-state index in [9.17, 15) is 46.6 Å². The average molecular weight is 873 g/mol. The van der Waals surface area contributed by atoms with Crippen molar-refractivity contribution in [1.29, 1.82) is 0 Å². The summed E-state index contributed by atoms with van der Waals surface area (Å²) in [5, 5.41) is 34.1. The average Bonchev–Trinajstić information content (AvgIpc) is 3.88. The van der Waals surface area contributed by atoms with Crippen LogP contribution in [0.1, 0.15) is 59.4 Å². The zero-order valence-electron chi connectivity index (χ0n) is 32.7. The molecule has 1 aliphatic carbocycles. The molecule has 1 saturated carbocycles. The molecule has 2 fully saturated rings. The highest BCUT2D eigenvalue weighted by Crippen LogP contribution is 2.42. The highest BCUT2D eigenvalue weighted by molar-refractivity contribution is 5.99. The second kappa shape index (κ2) is 19.2. The number of aliphatic hydroxyl groups excluding tert-OH is 1. The predicted molar refractivity (Wildman–Crippen MR) is 216 cm³/mol. The van der Waals surface area contributed by atoms with Crippen LogP contribution in [0.2, 0.25) is 0 Å². The molecule has 2 aliphatic rings. The maximum Gasteiger partial charge on any atom is 0.411 e. The van der Waals surface area contributed by atoms with E-state index in [0.717, 1.165) is 35.1 Å². The summed E-state index contributed by atoms with van der Waals surface area (Å²) < 4.78 is 55.8. The summed E-state index contributed by atoms with van der Waals surface area (Å²) in [7, 11) is 0. The van der Waals surface area contributed by atoms with Crippen LogP contribution in [0.15, 0.2) is 66.7 Å². The van der Waals surface area contributed by atoms with Gasteiger partial charge in [-0.05, 0) is 110 Å². The van der Waals surface area contributed by atoms with Gasteiger partial charge in [0.2, 0.25) is 23.5 Å². The number of hydrogen-bond acceptors (Lipinski definition) is 9. The van der Waals surface area contributed by atoms with Gasteiger partial charge in [-0.3, -0.25) is 24.3 Å². The number of hydrogen-bond donors (Lipinski definition) is 8. The molecule has 9 N–H and O–H groups in total. The number of rotatable bonds is 15. The Balaban J connectivity index is 0.00000704. The first kappa shape index (κ1) is 46.2. The quantitative estimate of drug-likeness (QED) is 0.0796. The molecule has 6 rings (SSSR count). The number of carbonyl (C=O) groups excluding carboxylic acids is 4. The SMILES string of the molecule is Cc1cc(C(=O)N[C@@H]2C[C@@H](CO)NC2=O)ccc1-c1ccc(C[C@H](NC(=O)[C@H]2CC[C@H](CN)CC2)C(=O)Nc2ccc(-c3nc(C(F)(F)C(F)(F)C(=O)O)n[nH]3)cc2)cc1.Cl. The lowest BCUT2D eigenvalue weighted by atomic mass is 9.81. The number of alkyl halides is 4. The number of H-pyrrole nitrogens is 1. The third-order valence-corrected chi connectivity index (χ3v) is 10.9. The van der Waals surface area contributed by atoms with Crippen molar-refractivity contribution in [3.63, 3.8) is 0 Å². The van der Waals surface area contributed by atoms with Gasteiger partial charge in [0.15, 0.2) is 5.82 Å². The summed E-state index contributed by atoms with van der Waals surface area (Å²) in [6.07, 6.45) is 3.22. The molecule has 4 amide bonds. The van der Waals surface area contributed by atoms with Gasteiger partial charge in [0, 0.05) is 29.2 Å². The Kier molecular flexibility index (Phi) is 14.5. The summed E-state index contributed by atoms with van der Waals surface area (Å²) in [6, 6.07) is 15.8. The molecule has 1 saturated heterocycles. The Bertz CT molecular complexity index is 2240. The number of carboxylic acids is 1. The minimum Gasteiger partial charge on any atom is -0.477 e. The van der Waals surface area contributed by atoms with Crippen molar-refractivity contribution in [2.75, 3.05) is 18.5 Å². The molecular formula is C41H45ClF4N8O7. The molecule has 1 aliphatic heterocycles. The lowest BCUT2D eigenvalue weighted by Crippen LogP contribution is -2.48. The van der Waals surface area contributed by atoms with Crippen LogP contribution in [0, 0.1) is 18.8 Å². The van der Waals surface area contributed by atoms with E-state index in [1.165, 1.54) is 24.3 Å². The number of aryl methyl sites for hydroxylation is 1. The van der Waals surface area contributed by atoms with Gasteiger partial charge in [-0.2, -0.15) is 22.7 Å². The smallest absolute Gasteiger partial charge is 0.411 e. The van der Waals surface area contributed by atoms with E-state index in [1.54, 1.807) is 18.2 Å². The Morgan fingerprint density at radius 2 is 1.61 bits per heavy atom. The first-order valence-electron chi connectivity index (χ1n) is 19.3. The van der Waals surface area contributed by atoms with Crippen molar-refractivity contribution in [3.8, 4) is 22.5 Å². The van der Waals surface area contributed by atoms with E-state index in [1.807, 2.05) is 31.2 Å². The van der Waals surface area contributed by atoms with E-state index >= 15 is 0 Å². The fourth-order valence-corrected chi connectivity index (χ4v) is 7.33. The first-order valence-corrected chi connectivity index (χ1v) is 19.3. The summed E-state index contributed by atoms with van der Waals surface area (Å²) >= 11 is 0. The van der Waals surface area contributed by atoms with Gasteiger partial charge in [-0.25, -0.2) is 9.78 Å². The molecule has 0 radical (unpaired) electrons. The Labute approximate surface area is 353 Å². The van der Waals surface area contributed by atoms with Gasteiger partial charge >= 0.3 is 17.8 Å². The molecule has 20 heteroatoms. The van der Waals surface area contributed by atoms with E-state index < -0.39 is 53.6 Å². The second-order valence-electron chi connectivity index (χ2n) is 15.1. The fourth-order valence-electron chi connectivity index (χ4n) is 7.33. The number of amides is 4. The zero-order chi connectivity index (χ0) is 43.4. The van der Waals surface area contributed by atoms with E-state index in [4.69, 9.17) is 10.8 Å². The van der Waals surface area contributed by atoms with Crippen molar-refractivity contribution in [3.05, 3.63) is 89.2 Å². The maximum atomic E-state index is 14.2. The third-order valence-electron chi connectivity index (χ3n) is 10.9. The molecule has 0 bridgehead atoms. The number of aromatic amines is 1. The Morgan fingerprint density at radius 1 is 0.951 bits per heavy atom. The first-order chi connectivity index (χ1) is 28.5. The number of carboxylic acid groups (broad SMARTS) is 1. The van der Waals surface area contributed by atoms with Crippen molar-refractivity contribution >= 4 is 47.7 Å². The number of nitrogens with one attached hydrogen (secondary N) is 5. The molecule has 0 spiro atoms. The number of carbonyl (C=O) groups is 5. The number of anilines is 1. The van der Waals surface area contributed by atoms with Crippen LogP contribution >= 0.6 is 12.4 Å². The topological polar surface area (TPSA) is 242 Å². The van der Waals surface area contributed by atoms with Crippen LogP contribution in [-0.4, -0.2) is 92.2 Å². The van der Waals surface area contributed by atoms with E-state index in [2.05, 4.69) is 36.4 Å². The van der Waals surface area contributed by atoms with Gasteiger partial charge in [0.25, 0.3) is 5.91 Å². The molecule has 1 aromatic heterocycles. The number of aliphatic carboxylic acids is 1. The molecule has 4 aromatic rings. The number of aromatic nitrogens is 3. The van der Waals surface area contributed by atoms with Gasteiger partial charge in [0.05, 0.1) is 12.6 Å². The maximum absolute atomic E-state index is 14.2. The number of aliphatic hydroxyl groups is 1. The van der Waals surface area contributed by atoms with Crippen molar-refractivity contribution in [2.45, 2.75) is 75.4 Å². The van der Waals surface area contributed by atoms with Gasteiger partial charge in [-0.15, -0.1) is 12.4 Å². The molecule has 326 valence electrons. The highest BCUT2D eigenvalue weighted by Gasteiger charge is 2.66. The molecule has 3 aromatic carbocycles. The summed E-state index contributed by atoms with van der Waals surface area (Å²) in [5.74, 6) is -17.4. The summed E-state index contributed by atoms with van der Waals surface area (Å²) in [4.78, 5) is 66.5. The molecule has 3 atom stereocenters. The normalized spacial score (nSPS) is 19.6. The van der Waals surface area contributed by atoms with Crippen molar-refractivity contribution in [2.24, 2.45) is 17.6 Å². The number of nitrogens with two attached hydrogens (primary N) is 1. The van der Waals surface area contributed by atoms with Crippen LogP contribution < -0.4 is 27.0 Å². The van der Waals surface area contributed by atoms with Crippen LogP contribution in [0.4, 0.5) is 23.2 Å². The molecule has 15 nitrogen and oxygen atoms in total. The van der Waals surface area contributed by atoms with Crippen LogP contribution in [0.5, 0.6) is 0 Å². The molecule has 0 unspecified atom stereocenters. The van der Waals surface area contributed by atoms with Gasteiger partial charge in [0.1, 0.15) is 12.1 Å². The zero-order valence-corrected chi connectivity index (χ0v) is 33.5. The summed E-state index contributed by atoms with van der Waals surface area (Å²) in [5.41, 5.74) is 9.73. The Morgan fingerprint density at radius 3 is 2.20 bits per heavy atom. The fraction of sp³-hybridized carbons (Fsp3) is 0.390. The molecular weight excluding hydrogens is 828 g/mol. The predicted octanol–water partition coefficient (Wildman–Crippen LogP) is 4.09. The summed E-state index contributed by atoms with van der Waals surface area (Å²) in [6.45, 7) is 2.16.